The number of halogens is 4. The van der Waals surface area contributed by atoms with E-state index in [1.54, 1.807) is 0 Å². The molecule has 0 bridgehead atoms. The van der Waals surface area contributed by atoms with Crippen molar-refractivity contribution in [2.45, 2.75) is 12.2 Å². The van der Waals surface area contributed by atoms with Crippen LogP contribution in [0.5, 0.6) is 5.75 Å². The van der Waals surface area contributed by atoms with Gasteiger partial charge >= 0.3 is 12.1 Å². The van der Waals surface area contributed by atoms with Gasteiger partial charge < -0.3 is 15.6 Å². The zero-order valence-electron chi connectivity index (χ0n) is 9.08. The first kappa shape index (κ1) is 14.6. The van der Waals surface area contributed by atoms with Crippen LogP contribution in [0.1, 0.15) is 17.2 Å². The second kappa shape index (κ2) is 5.03. The van der Waals surface area contributed by atoms with E-state index in [1.165, 1.54) is 0 Å². The minimum absolute atomic E-state index is 0.249. The number of aliphatic carboxylic acids is 1. The van der Waals surface area contributed by atoms with Gasteiger partial charge in [0.15, 0.2) is 0 Å². The summed E-state index contributed by atoms with van der Waals surface area (Å²) >= 11 is 5.62. The zero-order chi connectivity index (χ0) is 14.1. The van der Waals surface area contributed by atoms with Crippen molar-refractivity contribution in [3.63, 3.8) is 0 Å². The van der Waals surface area contributed by atoms with Crippen LogP contribution in [0.4, 0.5) is 13.2 Å². The summed E-state index contributed by atoms with van der Waals surface area (Å²) < 4.78 is 42.8. The number of nitrogens with two attached hydrogens (primary N) is 1. The van der Waals surface area contributed by atoms with E-state index >= 15 is 0 Å². The van der Waals surface area contributed by atoms with Gasteiger partial charge in [0.1, 0.15) is 11.8 Å². The maximum Gasteiger partial charge on any atom is 0.420 e. The smallest absolute Gasteiger partial charge is 0.420 e. The number of rotatable bonds is 3. The van der Waals surface area contributed by atoms with E-state index < -0.39 is 29.5 Å². The molecular weight excluding hydrogens is 275 g/mol. The van der Waals surface area contributed by atoms with Crippen LogP contribution in [0, 0.1) is 0 Å². The highest BCUT2D eigenvalue weighted by molar-refractivity contribution is 6.32. The number of methoxy groups -OCH3 is 1. The van der Waals surface area contributed by atoms with Crippen molar-refractivity contribution in [2.24, 2.45) is 5.73 Å². The summed E-state index contributed by atoms with van der Waals surface area (Å²) in [6.07, 6.45) is -4.72. The second-order valence-corrected chi connectivity index (χ2v) is 3.80. The number of carboxylic acids is 1. The van der Waals surface area contributed by atoms with Crippen LogP contribution < -0.4 is 10.5 Å². The lowest BCUT2D eigenvalue weighted by Crippen LogP contribution is -2.21. The monoisotopic (exact) mass is 283 g/mol. The van der Waals surface area contributed by atoms with E-state index in [2.05, 4.69) is 4.74 Å². The number of hydrogen-bond acceptors (Lipinski definition) is 3. The molecule has 0 saturated carbocycles. The van der Waals surface area contributed by atoms with Gasteiger partial charge in [0.2, 0.25) is 0 Å². The molecule has 8 heteroatoms. The summed E-state index contributed by atoms with van der Waals surface area (Å²) in [5, 5.41) is 8.32. The summed E-state index contributed by atoms with van der Waals surface area (Å²) in [6, 6.07) is 0.0623. The van der Waals surface area contributed by atoms with Crippen molar-refractivity contribution < 1.29 is 27.8 Å². The molecule has 4 nitrogen and oxygen atoms in total. The first-order chi connectivity index (χ1) is 8.18. The average Bonchev–Trinajstić information content (AvgIpc) is 2.25. The number of carbonyl (C=O) groups is 1. The third-order valence-corrected chi connectivity index (χ3v) is 2.48. The normalized spacial score (nSPS) is 13.2. The Morgan fingerprint density at radius 3 is 2.44 bits per heavy atom. The summed E-state index contributed by atoms with van der Waals surface area (Å²) in [7, 11) is 1.03. The molecule has 1 atom stereocenters. The molecule has 0 amide bonds. The predicted molar refractivity (Wildman–Crippen MR) is 57.6 cm³/mol. The average molecular weight is 284 g/mol. The van der Waals surface area contributed by atoms with Crippen LogP contribution in [0.3, 0.4) is 0 Å². The van der Waals surface area contributed by atoms with Gasteiger partial charge in [0.25, 0.3) is 0 Å². The quantitative estimate of drug-likeness (QED) is 0.894. The van der Waals surface area contributed by atoms with Gasteiger partial charge in [0.05, 0.1) is 17.7 Å². The third-order valence-electron chi connectivity index (χ3n) is 2.20. The highest BCUT2D eigenvalue weighted by Gasteiger charge is 2.36. The molecule has 1 aromatic rings. The molecule has 1 unspecified atom stereocenters. The number of alkyl halides is 3. The Labute approximate surface area is 105 Å². The highest BCUT2D eigenvalue weighted by Crippen LogP contribution is 2.41. The minimum atomic E-state index is -4.72. The van der Waals surface area contributed by atoms with Crippen LogP contribution in [0.15, 0.2) is 12.1 Å². The zero-order valence-corrected chi connectivity index (χ0v) is 9.84. The topological polar surface area (TPSA) is 72.5 Å². The van der Waals surface area contributed by atoms with Gasteiger partial charge in [-0.3, -0.25) is 4.79 Å². The Morgan fingerprint density at radius 2 is 2.06 bits per heavy atom. The Bertz CT molecular complexity index is 476. The van der Waals surface area contributed by atoms with Gasteiger partial charge in [-0.1, -0.05) is 11.6 Å². The van der Waals surface area contributed by atoms with Crippen molar-refractivity contribution in [3.05, 3.63) is 28.3 Å². The van der Waals surface area contributed by atoms with E-state index in [0.717, 1.165) is 13.2 Å². The largest absolute Gasteiger partial charge is 0.495 e. The standard InChI is InChI=1S/C10H9ClF3NO3/c1-18-8-5(10(12,13)14)2-4(3-6(8)11)7(15)9(16)17/h2-3,7H,15H2,1H3,(H,16,17). The summed E-state index contributed by atoms with van der Waals surface area (Å²) in [5.41, 5.74) is 3.83. The van der Waals surface area contributed by atoms with Gasteiger partial charge in [0, 0.05) is 0 Å². The molecule has 0 fully saturated rings. The number of hydrogen-bond donors (Lipinski definition) is 2. The lowest BCUT2D eigenvalue weighted by molar-refractivity contribution is -0.140. The van der Waals surface area contributed by atoms with E-state index in [0.29, 0.717) is 6.07 Å². The SMILES string of the molecule is COc1c(Cl)cc(C(N)C(=O)O)cc1C(F)(F)F. The van der Waals surface area contributed by atoms with Crippen LogP contribution in [-0.2, 0) is 11.0 Å². The fraction of sp³-hybridized carbons (Fsp3) is 0.300. The Kier molecular flexibility index (Phi) is 4.08. The molecular formula is C10H9ClF3NO3. The summed E-state index contributed by atoms with van der Waals surface area (Å²) in [5.74, 6) is -2.02. The van der Waals surface area contributed by atoms with Crippen molar-refractivity contribution in [1.82, 2.24) is 0 Å². The molecule has 0 aromatic heterocycles. The fourth-order valence-electron chi connectivity index (χ4n) is 1.35. The van der Waals surface area contributed by atoms with Crippen molar-refractivity contribution in [2.75, 3.05) is 7.11 Å². The van der Waals surface area contributed by atoms with E-state index in [-0.39, 0.29) is 10.6 Å². The number of ether oxygens (including phenoxy) is 1. The molecule has 0 aliphatic carbocycles. The molecule has 1 aromatic carbocycles. The van der Waals surface area contributed by atoms with Gasteiger partial charge in [-0.05, 0) is 17.7 Å². The Morgan fingerprint density at radius 1 is 1.50 bits per heavy atom. The van der Waals surface area contributed by atoms with Crippen LogP contribution in [0.25, 0.3) is 0 Å². The summed E-state index contributed by atoms with van der Waals surface area (Å²) in [4.78, 5) is 10.6. The maximum absolute atomic E-state index is 12.7. The second-order valence-electron chi connectivity index (χ2n) is 3.40. The van der Waals surface area contributed by atoms with E-state index in [4.69, 9.17) is 22.4 Å². The lowest BCUT2D eigenvalue weighted by atomic mass is 10.0. The number of carboxylic acid groups (broad SMARTS) is 1. The molecule has 0 spiro atoms. The maximum atomic E-state index is 12.7. The van der Waals surface area contributed by atoms with E-state index in [9.17, 15) is 18.0 Å². The molecule has 1 rings (SSSR count). The first-order valence-electron chi connectivity index (χ1n) is 4.61. The lowest BCUT2D eigenvalue weighted by Gasteiger charge is -2.16. The molecule has 18 heavy (non-hydrogen) atoms. The van der Waals surface area contributed by atoms with Gasteiger partial charge in [-0.2, -0.15) is 13.2 Å². The minimum Gasteiger partial charge on any atom is -0.495 e. The number of benzene rings is 1. The molecule has 0 aliphatic heterocycles. The molecule has 0 radical (unpaired) electrons. The Hall–Kier alpha value is -1.47. The van der Waals surface area contributed by atoms with Crippen molar-refractivity contribution >= 4 is 17.6 Å². The van der Waals surface area contributed by atoms with Crippen molar-refractivity contribution in [1.29, 1.82) is 0 Å². The van der Waals surface area contributed by atoms with Crippen LogP contribution in [0.2, 0.25) is 5.02 Å². The first-order valence-corrected chi connectivity index (χ1v) is 4.99. The third kappa shape index (κ3) is 2.85. The van der Waals surface area contributed by atoms with Gasteiger partial charge in [-0.25, -0.2) is 0 Å². The molecule has 0 heterocycles. The van der Waals surface area contributed by atoms with Crippen LogP contribution in [-0.4, -0.2) is 18.2 Å². The summed E-state index contributed by atoms with van der Waals surface area (Å²) in [6.45, 7) is 0. The predicted octanol–water partition coefficient (Wildman–Crippen LogP) is 2.45. The highest BCUT2D eigenvalue weighted by atomic mass is 35.5. The van der Waals surface area contributed by atoms with E-state index in [1.807, 2.05) is 0 Å². The molecule has 3 N–H and O–H groups in total. The van der Waals surface area contributed by atoms with Crippen LogP contribution >= 0.6 is 11.6 Å². The molecule has 0 aliphatic rings. The van der Waals surface area contributed by atoms with Crippen molar-refractivity contribution in [3.8, 4) is 5.75 Å². The Balaban J connectivity index is 3.44. The molecule has 100 valence electrons. The van der Waals surface area contributed by atoms with Gasteiger partial charge in [-0.15, -0.1) is 0 Å². The molecule has 0 saturated heterocycles. The fourth-order valence-corrected chi connectivity index (χ4v) is 1.66.